The molecule has 1 heterocycles. The highest BCUT2D eigenvalue weighted by atomic mass is 16.5. The lowest BCUT2D eigenvalue weighted by molar-refractivity contribution is -0.118. The van der Waals surface area contributed by atoms with Crippen molar-refractivity contribution in [2.45, 2.75) is 26.8 Å². The first-order valence-electron chi connectivity index (χ1n) is 10.6. The van der Waals surface area contributed by atoms with Gasteiger partial charge in [-0.15, -0.1) is 0 Å². The Kier molecular flexibility index (Phi) is 7.91. The molecular formula is C26H28N2O5. The molecule has 0 aliphatic rings. The van der Waals surface area contributed by atoms with Gasteiger partial charge in [-0.1, -0.05) is 6.07 Å². The minimum absolute atomic E-state index is 0.0591. The molecule has 33 heavy (non-hydrogen) atoms. The summed E-state index contributed by atoms with van der Waals surface area (Å²) in [6.07, 6.45) is 2.97. The van der Waals surface area contributed by atoms with Crippen LogP contribution < -0.4 is 20.1 Å². The molecule has 2 amide bonds. The molecule has 172 valence electrons. The number of carbonyl (C=O) groups excluding carboxylic acids is 2. The summed E-state index contributed by atoms with van der Waals surface area (Å²) in [4.78, 5) is 25.7. The van der Waals surface area contributed by atoms with Crippen molar-refractivity contribution < 1.29 is 23.5 Å². The standard InChI is InChI=1S/C26H28N2O5/c1-17-7-10-23(14-18(17)2)33-16-19(3)27-26(30)24(15-22-6-5-13-32-22)28-25(29)20-8-11-21(31-4)12-9-20/h5-15,19H,16H2,1-4H3,(H,27,30)(H,28,29)/b24-15-. The lowest BCUT2D eigenvalue weighted by atomic mass is 10.1. The molecule has 0 saturated heterocycles. The molecule has 0 bridgehead atoms. The van der Waals surface area contributed by atoms with E-state index in [4.69, 9.17) is 13.9 Å². The predicted molar refractivity (Wildman–Crippen MR) is 126 cm³/mol. The summed E-state index contributed by atoms with van der Waals surface area (Å²) in [5, 5.41) is 5.53. The van der Waals surface area contributed by atoms with Gasteiger partial charge in [-0.25, -0.2) is 0 Å². The van der Waals surface area contributed by atoms with Crippen LogP contribution in [0.1, 0.15) is 34.2 Å². The molecule has 1 atom stereocenters. The van der Waals surface area contributed by atoms with E-state index in [0.29, 0.717) is 17.1 Å². The Morgan fingerprint density at radius 1 is 1.03 bits per heavy atom. The highest BCUT2D eigenvalue weighted by Gasteiger charge is 2.18. The number of hydrogen-bond donors (Lipinski definition) is 2. The van der Waals surface area contributed by atoms with Crippen molar-refractivity contribution in [2.24, 2.45) is 0 Å². The van der Waals surface area contributed by atoms with Crippen molar-refractivity contribution in [1.82, 2.24) is 10.6 Å². The maximum absolute atomic E-state index is 12.9. The first-order chi connectivity index (χ1) is 15.9. The fourth-order valence-electron chi connectivity index (χ4n) is 2.98. The highest BCUT2D eigenvalue weighted by Crippen LogP contribution is 2.17. The number of nitrogens with one attached hydrogen (secondary N) is 2. The third kappa shape index (κ3) is 6.74. The van der Waals surface area contributed by atoms with Gasteiger partial charge in [0.2, 0.25) is 0 Å². The van der Waals surface area contributed by atoms with Crippen LogP contribution in [-0.2, 0) is 4.79 Å². The summed E-state index contributed by atoms with van der Waals surface area (Å²) in [6.45, 7) is 6.16. The molecule has 0 radical (unpaired) electrons. The van der Waals surface area contributed by atoms with E-state index in [9.17, 15) is 9.59 Å². The Bertz CT molecular complexity index is 1120. The molecule has 7 heteroatoms. The topological polar surface area (TPSA) is 89.8 Å². The molecule has 2 aromatic carbocycles. The fraction of sp³-hybridized carbons (Fsp3) is 0.231. The molecule has 1 aromatic heterocycles. The van der Waals surface area contributed by atoms with Crippen LogP contribution in [0.5, 0.6) is 11.5 Å². The van der Waals surface area contributed by atoms with Crippen LogP contribution in [0.2, 0.25) is 0 Å². The van der Waals surface area contributed by atoms with Gasteiger partial charge in [-0.2, -0.15) is 0 Å². The smallest absolute Gasteiger partial charge is 0.268 e. The van der Waals surface area contributed by atoms with Crippen molar-refractivity contribution in [3.05, 3.63) is 89.0 Å². The van der Waals surface area contributed by atoms with Crippen LogP contribution >= 0.6 is 0 Å². The summed E-state index contributed by atoms with van der Waals surface area (Å²) >= 11 is 0. The number of methoxy groups -OCH3 is 1. The quantitative estimate of drug-likeness (QED) is 0.478. The zero-order valence-electron chi connectivity index (χ0n) is 19.2. The molecule has 0 saturated carbocycles. The molecule has 3 aromatic rings. The second-order valence-electron chi connectivity index (χ2n) is 7.69. The van der Waals surface area contributed by atoms with Gasteiger partial charge in [0, 0.05) is 11.6 Å². The minimum atomic E-state index is -0.454. The molecule has 1 unspecified atom stereocenters. The van der Waals surface area contributed by atoms with Crippen molar-refractivity contribution in [1.29, 1.82) is 0 Å². The predicted octanol–water partition coefficient (Wildman–Crippen LogP) is 4.26. The number of benzene rings is 2. The maximum Gasteiger partial charge on any atom is 0.268 e. The number of aryl methyl sites for hydroxylation is 2. The van der Waals surface area contributed by atoms with Crippen molar-refractivity contribution >= 4 is 17.9 Å². The summed E-state index contributed by atoms with van der Waals surface area (Å²) in [6, 6.07) is 15.5. The maximum atomic E-state index is 12.9. The largest absolute Gasteiger partial charge is 0.497 e. The number of amides is 2. The molecule has 7 nitrogen and oxygen atoms in total. The van der Waals surface area contributed by atoms with E-state index in [1.165, 1.54) is 17.9 Å². The van der Waals surface area contributed by atoms with Crippen LogP contribution in [0.25, 0.3) is 6.08 Å². The molecular weight excluding hydrogens is 420 g/mol. The van der Waals surface area contributed by atoms with Gasteiger partial charge >= 0.3 is 0 Å². The molecule has 0 aliphatic carbocycles. The summed E-state index contributed by atoms with van der Waals surface area (Å²) in [5.41, 5.74) is 2.77. The lowest BCUT2D eigenvalue weighted by Gasteiger charge is -2.17. The third-order valence-corrected chi connectivity index (χ3v) is 5.03. The van der Waals surface area contributed by atoms with Crippen molar-refractivity contribution in [3.8, 4) is 11.5 Å². The van der Waals surface area contributed by atoms with Crippen LogP contribution in [0.4, 0.5) is 0 Å². The third-order valence-electron chi connectivity index (χ3n) is 5.03. The lowest BCUT2D eigenvalue weighted by Crippen LogP contribution is -2.41. The van der Waals surface area contributed by atoms with Crippen LogP contribution in [0.3, 0.4) is 0 Å². The number of furan rings is 1. The summed E-state index contributed by atoms with van der Waals surface area (Å²) < 4.78 is 16.2. The Morgan fingerprint density at radius 2 is 1.76 bits per heavy atom. The van der Waals surface area contributed by atoms with Gasteiger partial charge in [0.05, 0.1) is 19.4 Å². The summed E-state index contributed by atoms with van der Waals surface area (Å²) in [7, 11) is 1.55. The molecule has 3 rings (SSSR count). The number of rotatable bonds is 9. The van der Waals surface area contributed by atoms with Crippen LogP contribution in [0.15, 0.2) is 71.0 Å². The number of carbonyl (C=O) groups is 2. The number of hydrogen-bond acceptors (Lipinski definition) is 5. The van der Waals surface area contributed by atoms with Gasteiger partial charge in [0.1, 0.15) is 29.6 Å². The van der Waals surface area contributed by atoms with Gasteiger partial charge in [0.15, 0.2) is 0 Å². The average molecular weight is 449 g/mol. The van der Waals surface area contributed by atoms with E-state index in [0.717, 1.165) is 11.3 Å². The minimum Gasteiger partial charge on any atom is -0.497 e. The van der Waals surface area contributed by atoms with E-state index < -0.39 is 11.8 Å². The van der Waals surface area contributed by atoms with E-state index in [1.807, 2.05) is 39.0 Å². The van der Waals surface area contributed by atoms with E-state index in [1.54, 1.807) is 43.5 Å². The fourth-order valence-corrected chi connectivity index (χ4v) is 2.98. The molecule has 0 aliphatic heterocycles. The zero-order chi connectivity index (χ0) is 23.8. The van der Waals surface area contributed by atoms with E-state index in [-0.39, 0.29) is 18.3 Å². The first-order valence-corrected chi connectivity index (χ1v) is 10.6. The van der Waals surface area contributed by atoms with E-state index in [2.05, 4.69) is 10.6 Å². The molecule has 0 fully saturated rings. The normalized spacial score (nSPS) is 12.1. The Balaban J connectivity index is 1.67. The highest BCUT2D eigenvalue weighted by molar-refractivity contribution is 6.05. The van der Waals surface area contributed by atoms with Gasteiger partial charge in [0.25, 0.3) is 11.8 Å². The van der Waals surface area contributed by atoms with Gasteiger partial charge < -0.3 is 24.5 Å². The Hall–Kier alpha value is -4.00. The molecule has 2 N–H and O–H groups in total. The van der Waals surface area contributed by atoms with E-state index >= 15 is 0 Å². The van der Waals surface area contributed by atoms with Crippen molar-refractivity contribution in [3.63, 3.8) is 0 Å². The first kappa shape index (κ1) is 23.7. The SMILES string of the molecule is COc1ccc(C(=O)N/C(=C\c2ccco2)C(=O)NC(C)COc2ccc(C)c(C)c2)cc1. The Labute approximate surface area is 193 Å². The van der Waals surface area contributed by atoms with Gasteiger partial charge in [-0.3, -0.25) is 9.59 Å². The average Bonchev–Trinajstić information content (AvgIpc) is 3.32. The molecule has 0 spiro atoms. The summed E-state index contributed by atoms with van der Waals surface area (Å²) in [5.74, 6) is 0.926. The second kappa shape index (κ2) is 11.0. The monoisotopic (exact) mass is 448 g/mol. The van der Waals surface area contributed by atoms with Crippen molar-refractivity contribution in [2.75, 3.05) is 13.7 Å². The van der Waals surface area contributed by atoms with Crippen LogP contribution in [-0.4, -0.2) is 31.6 Å². The Morgan fingerprint density at radius 3 is 2.39 bits per heavy atom. The zero-order valence-corrected chi connectivity index (χ0v) is 19.2. The van der Waals surface area contributed by atoms with Crippen LogP contribution in [0, 0.1) is 13.8 Å². The second-order valence-corrected chi connectivity index (χ2v) is 7.69. The number of ether oxygens (including phenoxy) is 2. The van der Waals surface area contributed by atoms with Gasteiger partial charge in [-0.05, 0) is 80.4 Å².